The number of nitrogens with zero attached hydrogens (tertiary/aromatic N) is 3. The minimum atomic E-state index is -0.755. The van der Waals surface area contributed by atoms with E-state index < -0.39 is 17.6 Å². The first-order chi connectivity index (χ1) is 14.0. The van der Waals surface area contributed by atoms with Crippen molar-refractivity contribution in [3.63, 3.8) is 0 Å². The Labute approximate surface area is 169 Å². The molecule has 144 valence electrons. The van der Waals surface area contributed by atoms with Crippen molar-refractivity contribution in [1.82, 2.24) is 15.4 Å². The first kappa shape index (κ1) is 18.6. The zero-order valence-corrected chi connectivity index (χ0v) is 15.4. The van der Waals surface area contributed by atoms with Crippen molar-refractivity contribution in [3.8, 4) is 11.6 Å². The van der Waals surface area contributed by atoms with Crippen LogP contribution in [-0.4, -0.2) is 21.8 Å². The monoisotopic (exact) mass is 410 g/mol. The number of halogens is 2. The van der Waals surface area contributed by atoms with Gasteiger partial charge in [0.1, 0.15) is 11.3 Å². The van der Waals surface area contributed by atoms with Crippen molar-refractivity contribution in [2.24, 2.45) is 0 Å². The lowest BCUT2D eigenvalue weighted by Gasteiger charge is -2.13. The van der Waals surface area contributed by atoms with Gasteiger partial charge in [0.25, 0.3) is 17.7 Å². The lowest BCUT2D eigenvalue weighted by Crippen LogP contribution is -2.35. The molecule has 9 heteroatoms. The topological polar surface area (TPSA) is 84.4 Å². The molecule has 1 saturated heterocycles. The van der Waals surface area contributed by atoms with Crippen LogP contribution in [0.5, 0.6) is 11.6 Å². The zero-order valence-electron chi connectivity index (χ0n) is 14.7. The number of anilines is 1. The first-order valence-electron chi connectivity index (χ1n) is 8.39. The molecule has 0 radical (unpaired) electrons. The second kappa shape index (κ2) is 7.69. The van der Waals surface area contributed by atoms with Crippen LogP contribution in [0.15, 0.2) is 66.4 Å². The molecule has 1 aromatic heterocycles. The van der Waals surface area contributed by atoms with Gasteiger partial charge in [-0.1, -0.05) is 30.3 Å². The molecule has 0 spiro atoms. The van der Waals surface area contributed by atoms with Crippen molar-refractivity contribution >= 4 is 35.2 Å². The fourth-order valence-electron chi connectivity index (χ4n) is 2.63. The Hall–Kier alpha value is -3.78. The molecule has 0 atom stereocenters. The lowest BCUT2D eigenvalue weighted by molar-refractivity contribution is -0.117. The summed E-state index contributed by atoms with van der Waals surface area (Å²) in [5, 5.41) is 1.05. The van der Waals surface area contributed by atoms with Crippen LogP contribution in [0.25, 0.3) is 6.08 Å². The van der Waals surface area contributed by atoms with Gasteiger partial charge in [0.15, 0.2) is 0 Å². The molecule has 4 rings (SSSR count). The summed E-state index contributed by atoms with van der Waals surface area (Å²) in [5.74, 6) is -1.72. The van der Waals surface area contributed by atoms with E-state index in [4.69, 9.17) is 16.3 Å². The highest BCUT2D eigenvalue weighted by molar-refractivity contribution is 6.31. The first-order valence-corrected chi connectivity index (χ1v) is 8.77. The predicted molar refractivity (Wildman–Crippen MR) is 104 cm³/mol. The number of carbonyl (C=O) groups excluding carboxylic acids is 2. The Kier molecular flexibility index (Phi) is 4.92. The molecule has 2 heterocycles. The molecular formula is C20H12ClFN4O3. The summed E-state index contributed by atoms with van der Waals surface area (Å²) < 4.78 is 19.0. The van der Waals surface area contributed by atoms with Gasteiger partial charge in [0.2, 0.25) is 11.1 Å². The Bertz CT molecular complexity index is 1120. The summed E-state index contributed by atoms with van der Waals surface area (Å²) in [6, 6.07) is 15.1. The maximum Gasteiger partial charge on any atom is 0.282 e. The van der Waals surface area contributed by atoms with Gasteiger partial charge in [-0.15, -0.1) is 0 Å². The molecule has 0 aliphatic carbocycles. The number of carbonyl (C=O) groups is 2. The molecule has 0 unspecified atom stereocenters. The summed E-state index contributed by atoms with van der Waals surface area (Å²) in [6.07, 6.45) is 2.37. The van der Waals surface area contributed by atoms with Crippen LogP contribution in [0.1, 0.15) is 5.56 Å². The van der Waals surface area contributed by atoms with Crippen LogP contribution < -0.4 is 15.2 Å². The number of hydrazine groups is 1. The normalized spacial score (nSPS) is 15.0. The van der Waals surface area contributed by atoms with E-state index in [1.54, 1.807) is 48.5 Å². The second-order valence-corrected chi connectivity index (χ2v) is 6.28. The second-order valence-electron chi connectivity index (χ2n) is 5.94. The van der Waals surface area contributed by atoms with Gasteiger partial charge < -0.3 is 4.74 Å². The maximum absolute atomic E-state index is 13.7. The molecule has 29 heavy (non-hydrogen) atoms. The van der Waals surface area contributed by atoms with E-state index in [9.17, 15) is 14.0 Å². The third-order valence-corrected chi connectivity index (χ3v) is 4.18. The Balaban J connectivity index is 1.53. The quantitative estimate of drug-likeness (QED) is 0.404. The molecular weight excluding hydrogens is 399 g/mol. The van der Waals surface area contributed by atoms with E-state index >= 15 is 0 Å². The number of ether oxygens (including phenoxy) is 1. The van der Waals surface area contributed by atoms with Crippen LogP contribution in [0.2, 0.25) is 5.28 Å². The van der Waals surface area contributed by atoms with E-state index in [1.807, 2.05) is 6.07 Å². The molecule has 3 aromatic rings. The Morgan fingerprint density at radius 1 is 1.07 bits per heavy atom. The fourth-order valence-corrected chi connectivity index (χ4v) is 2.76. The summed E-state index contributed by atoms with van der Waals surface area (Å²) in [7, 11) is 0. The highest BCUT2D eigenvalue weighted by Crippen LogP contribution is 2.25. The third kappa shape index (κ3) is 3.92. The predicted octanol–water partition coefficient (Wildman–Crippen LogP) is 3.52. The van der Waals surface area contributed by atoms with E-state index in [0.29, 0.717) is 17.0 Å². The molecule has 1 N–H and O–H groups in total. The summed E-state index contributed by atoms with van der Waals surface area (Å²) in [4.78, 5) is 32.0. The largest absolute Gasteiger partial charge is 0.436 e. The lowest BCUT2D eigenvalue weighted by atomic mass is 10.1. The summed E-state index contributed by atoms with van der Waals surface area (Å²) in [5.41, 5.74) is 3.67. The number of para-hydroxylation sites is 1. The Morgan fingerprint density at radius 3 is 2.52 bits per heavy atom. The van der Waals surface area contributed by atoms with E-state index in [1.165, 1.54) is 11.1 Å². The van der Waals surface area contributed by atoms with Crippen molar-refractivity contribution in [3.05, 3.63) is 83.0 Å². The van der Waals surface area contributed by atoms with E-state index in [-0.39, 0.29) is 16.7 Å². The third-order valence-electron chi connectivity index (χ3n) is 3.99. The minimum Gasteiger partial charge on any atom is -0.436 e. The highest BCUT2D eigenvalue weighted by atomic mass is 35.5. The number of hydrogen-bond donors (Lipinski definition) is 1. The standard InChI is InChI=1S/C20H12ClFN4O3/c21-20-23-11-16(22)18(24-20)29-14-8-6-12(7-9-14)10-15-17(27)25-26(19(15)28)13-4-2-1-3-5-13/h1-11H,(H,25,27)/b15-10+. The molecule has 1 fully saturated rings. The maximum atomic E-state index is 13.7. The van der Waals surface area contributed by atoms with Crippen LogP contribution in [0, 0.1) is 5.82 Å². The fraction of sp³-hybridized carbons (Fsp3) is 0. The number of hydrogen-bond acceptors (Lipinski definition) is 5. The number of aromatic nitrogens is 2. The number of benzene rings is 2. The van der Waals surface area contributed by atoms with Gasteiger partial charge in [0.05, 0.1) is 11.9 Å². The van der Waals surface area contributed by atoms with Crippen molar-refractivity contribution in [1.29, 1.82) is 0 Å². The smallest absolute Gasteiger partial charge is 0.282 e. The highest BCUT2D eigenvalue weighted by Gasteiger charge is 2.34. The van der Waals surface area contributed by atoms with Gasteiger partial charge in [-0.2, -0.15) is 9.37 Å². The van der Waals surface area contributed by atoms with E-state index in [0.717, 1.165) is 6.20 Å². The number of amides is 2. The van der Waals surface area contributed by atoms with Crippen LogP contribution in [-0.2, 0) is 9.59 Å². The molecule has 2 amide bonds. The average Bonchev–Trinajstić information content (AvgIpc) is 3.01. The van der Waals surface area contributed by atoms with Gasteiger partial charge >= 0.3 is 0 Å². The van der Waals surface area contributed by atoms with Crippen molar-refractivity contribution in [2.75, 3.05) is 5.01 Å². The molecule has 1 aliphatic heterocycles. The molecule has 1 aliphatic rings. The number of rotatable bonds is 4. The minimum absolute atomic E-state index is 0.00357. The zero-order chi connectivity index (χ0) is 20.4. The average molecular weight is 411 g/mol. The van der Waals surface area contributed by atoms with Gasteiger partial charge in [-0.05, 0) is 47.5 Å². The Morgan fingerprint density at radius 2 is 1.79 bits per heavy atom. The molecule has 2 aromatic carbocycles. The molecule has 0 bridgehead atoms. The van der Waals surface area contributed by atoms with Gasteiger partial charge in [-0.25, -0.2) is 9.99 Å². The summed E-state index contributed by atoms with van der Waals surface area (Å²) >= 11 is 5.64. The molecule has 7 nitrogen and oxygen atoms in total. The van der Waals surface area contributed by atoms with Gasteiger partial charge in [0, 0.05) is 0 Å². The van der Waals surface area contributed by atoms with E-state index in [2.05, 4.69) is 15.4 Å². The summed E-state index contributed by atoms with van der Waals surface area (Å²) in [6.45, 7) is 0. The van der Waals surface area contributed by atoms with Crippen molar-refractivity contribution < 1.29 is 18.7 Å². The van der Waals surface area contributed by atoms with Crippen molar-refractivity contribution in [2.45, 2.75) is 0 Å². The number of nitrogens with one attached hydrogen (secondary N) is 1. The molecule has 0 saturated carbocycles. The van der Waals surface area contributed by atoms with Gasteiger partial charge in [-0.3, -0.25) is 15.0 Å². The SMILES string of the molecule is O=C1NN(c2ccccc2)C(=O)/C1=C/c1ccc(Oc2nc(Cl)ncc2F)cc1. The van der Waals surface area contributed by atoms with Crippen LogP contribution >= 0.6 is 11.6 Å². The van der Waals surface area contributed by atoms with Crippen LogP contribution in [0.3, 0.4) is 0 Å². The van der Waals surface area contributed by atoms with Crippen LogP contribution in [0.4, 0.5) is 10.1 Å².